The number of rotatable bonds is 2. The molecular weight excluding hydrogens is 344 g/mol. The molecule has 1 fully saturated rings. The van der Waals surface area contributed by atoms with E-state index >= 15 is 0 Å². The van der Waals surface area contributed by atoms with Crippen molar-refractivity contribution in [1.82, 2.24) is 19.9 Å². The Morgan fingerprint density at radius 3 is 2.68 bits per heavy atom. The predicted molar refractivity (Wildman–Crippen MR) is 85.5 cm³/mol. The quantitative estimate of drug-likeness (QED) is 0.823. The molecule has 114 valence electrons. The number of fused-ring (bicyclic) bond motifs is 1. The van der Waals surface area contributed by atoms with Gasteiger partial charge >= 0.3 is 0 Å². The normalized spacial score (nSPS) is 19.9. The van der Waals surface area contributed by atoms with E-state index in [4.69, 9.17) is 4.74 Å². The molecule has 2 aromatic heterocycles. The van der Waals surface area contributed by atoms with Crippen LogP contribution < -0.4 is 4.74 Å². The van der Waals surface area contributed by atoms with E-state index in [0.29, 0.717) is 0 Å². The summed E-state index contributed by atoms with van der Waals surface area (Å²) in [5, 5.41) is 0. The minimum atomic E-state index is -0.0254. The SMILES string of the molecule is Brc1cnc(CN2CCC3(CC2)Cc2ccncc2O3)nc1. The second kappa shape index (κ2) is 5.59. The Bertz CT molecular complexity index is 641. The van der Waals surface area contributed by atoms with Gasteiger partial charge in [0.05, 0.1) is 17.2 Å². The lowest BCUT2D eigenvalue weighted by Gasteiger charge is -2.38. The van der Waals surface area contributed by atoms with Crippen LogP contribution in [0.25, 0.3) is 0 Å². The largest absolute Gasteiger partial charge is 0.485 e. The van der Waals surface area contributed by atoms with Crippen molar-refractivity contribution >= 4 is 15.9 Å². The molecule has 0 amide bonds. The molecule has 0 saturated carbocycles. The number of halogens is 1. The van der Waals surface area contributed by atoms with E-state index in [0.717, 1.165) is 54.9 Å². The Balaban J connectivity index is 1.38. The molecule has 0 bridgehead atoms. The summed E-state index contributed by atoms with van der Waals surface area (Å²) in [6.45, 7) is 2.83. The summed E-state index contributed by atoms with van der Waals surface area (Å²) in [5.41, 5.74) is 1.27. The van der Waals surface area contributed by atoms with Gasteiger partial charge in [0, 0.05) is 56.5 Å². The number of ether oxygens (including phenoxy) is 1. The third-order valence-electron chi connectivity index (χ3n) is 4.52. The topological polar surface area (TPSA) is 51.1 Å². The highest BCUT2D eigenvalue weighted by molar-refractivity contribution is 9.10. The molecule has 4 rings (SSSR count). The van der Waals surface area contributed by atoms with Gasteiger partial charge in [0.25, 0.3) is 0 Å². The van der Waals surface area contributed by atoms with Crippen molar-refractivity contribution < 1.29 is 4.74 Å². The minimum absolute atomic E-state index is 0.0254. The minimum Gasteiger partial charge on any atom is -0.485 e. The fourth-order valence-corrected chi connectivity index (χ4v) is 3.49. The van der Waals surface area contributed by atoms with Crippen molar-refractivity contribution in [2.24, 2.45) is 0 Å². The maximum absolute atomic E-state index is 6.22. The van der Waals surface area contributed by atoms with Crippen molar-refractivity contribution in [1.29, 1.82) is 0 Å². The first-order valence-electron chi connectivity index (χ1n) is 7.53. The van der Waals surface area contributed by atoms with Gasteiger partial charge in [-0.3, -0.25) is 9.88 Å². The zero-order valence-corrected chi connectivity index (χ0v) is 13.8. The highest BCUT2D eigenvalue weighted by Crippen LogP contribution is 2.40. The maximum Gasteiger partial charge on any atom is 0.142 e. The molecule has 0 radical (unpaired) electrons. The zero-order valence-electron chi connectivity index (χ0n) is 12.2. The van der Waals surface area contributed by atoms with Gasteiger partial charge in [-0.05, 0) is 22.0 Å². The van der Waals surface area contributed by atoms with Gasteiger partial charge in [0.15, 0.2) is 0 Å². The highest BCUT2D eigenvalue weighted by Gasteiger charge is 2.41. The second-order valence-electron chi connectivity index (χ2n) is 6.04. The molecule has 2 aliphatic rings. The summed E-state index contributed by atoms with van der Waals surface area (Å²) < 4.78 is 7.14. The van der Waals surface area contributed by atoms with Crippen LogP contribution >= 0.6 is 15.9 Å². The highest BCUT2D eigenvalue weighted by atomic mass is 79.9. The van der Waals surface area contributed by atoms with Gasteiger partial charge in [-0.1, -0.05) is 0 Å². The van der Waals surface area contributed by atoms with E-state index in [1.54, 1.807) is 12.4 Å². The van der Waals surface area contributed by atoms with E-state index in [2.05, 4.69) is 41.8 Å². The average Bonchev–Trinajstić information content (AvgIpc) is 2.90. The summed E-state index contributed by atoms with van der Waals surface area (Å²) in [6.07, 6.45) is 10.4. The number of hydrogen-bond acceptors (Lipinski definition) is 5. The lowest BCUT2D eigenvalue weighted by Crippen LogP contribution is -2.47. The average molecular weight is 361 g/mol. The Kier molecular flexibility index (Phi) is 3.58. The summed E-state index contributed by atoms with van der Waals surface area (Å²) in [7, 11) is 0. The van der Waals surface area contributed by atoms with Crippen LogP contribution in [-0.2, 0) is 13.0 Å². The van der Waals surface area contributed by atoms with Crippen LogP contribution in [0.4, 0.5) is 0 Å². The molecule has 5 nitrogen and oxygen atoms in total. The van der Waals surface area contributed by atoms with Crippen molar-refractivity contribution in [3.63, 3.8) is 0 Å². The van der Waals surface area contributed by atoms with Crippen LogP contribution in [0.5, 0.6) is 5.75 Å². The summed E-state index contributed by atoms with van der Waals surface area (Å²) in [4.78, 5) is 15.3. The van der Waals surface area contributed by atoms with E-state index in [-0.39, 0.29) is 5.60 Å². The Labute approximate surface area is 137 Å². The molecule has 6 heteroatoms. The van der Waals surface area contributed by atoms with Crippen LogP contribution in [0.15, 0.2) is 35.3 Å². The maximum atomic E-state index is 6.22. The van der Waals surface area contributed by atoms with Crippen LogP contribution in [0.1, 0.15) is 24.2 Å². The van der Waals surface area contributed by atoms with Crippen molar-refractivity contribution in [3.05, 3.63) is 46.7 Å². The Morgan fingerprint density at radius 1 is 1.18 bits per heavy atom. The first-order chi connectivity index (χ1) is 10.7. The van der Waals surface area contributed by atoms with Crippen LogP contribution in [0.3, 0.4) is 0 Å². The van der Waals surface area contributed by atoms with E-state index in [1.807, 2.05) is 12.4 Å². The molecule has 1 saturated heterocycles. The Hall–Kier alpha value is -1.53. The van der Waals surface area contributed by atoms with Gasteiger partial charge in [-0.25, -0.2) is 9.97 Å². The predicted octanol–water partition coefficient (Wildman–Crippen LogP) is 2.60. The summed E-state index contributed by atoms with van der Waals surface area (Å²) in [5.74, 6) is 1.84. The van der Waals surface area contributed by atoms with Crippen molar-refractivity contribution in [2.45, 2.75) is 31.4 Å². The van der Waals surface area contributed by atoms with Crippen LogP contribution in [0.2, 0.25) is 0 Å². The smallest absolute Gasteiger partial charge is 0.142 e. The molecule has 1 spiro atoms. The number of hydrogen-bond donors (Lipinski definition) is 0. The lowest BCUT2D eigenvalue weighted by molar-refractivity contribution is 0.0161. The summed E-state index contributed by atoms with van der Waals surface area (Å²) in [6, 6.07) is 2.08. The molecule has 22 heavy (non-hydrogen) atoms. The number of aromatic nitrogens is 3. The van der Waals surface area contributed by atoms with Crippen LogP contribution in [0, 0.1) is 0 Å². The van der Waals surface area contributed by atoms with Crippen molar-refractivity contribution in [3.8, 4) is 5.75 Å². The fourth-order valence-electron chi connectivity index (χ4n) is 3.28. The van der Waals surface area contributed by atoms with Gasteiger partial charge in [-0.2, -0.15) is 0 Å². The monoisotopic (exact) mass is 360 g/mol. The van der Waals surface area contributed by atoms with Gasteiger partial charge in [-0.15, -0.1) is 0 Å². The van der Waals surface area contributed by atoms with Gasteiger partial charge in [0.2, 0.25) is 0 Å². The first kappa shape index (κ1) is 14.1. The third kappa shape index (κ3) is 2.73. The molecule has 2 aliphatic heterocycles. The third-order valence-corrected chi connectivity index (χ3v) is 4.92. The Morgan fingerprint density at radius 2 is 1.95 bits per heavy atom. The van der Waals surface area contributed by atoms with Crippen molar-refractivity contribution in [2.75, 3.05) is 13.1 Å². The number of likely N-dealkylation sites (tertiary alicyclic amines) is 1. The van der Waals surface area contributed by atoms with E-state index < -0.39 is 0 Å². The zero-order chi connectivity index (χ0) is 15.0. The van der Waals surface area contributed by atoms with Crippen LogP contribution in [-0.4, -0.2) is 38.5 Å². The van der Waals surface area contributed by atoms with E-state index in [1.165, 1.54) is 5.56 Å². The fraction of sp³-hybridized carbons (Fsp3) is 0.438. The molecule has 4 heterocycles. The number of pyridine rings is 1. The standard InChI is InChI=1S/C16H17BrN4O/c17-13-8-19-15(20-9-13)11-21-5-2-16(3-6-21)7-12-1-4-18-10-14(12)22-16/h1,4,8-10H,2-3,5-7,11H2. The molecule has 0 aromatic carbocycles. The summed E-state index contributed by atoms with van der Waals surface area (Å²) >= 11 is 3.37. The second-order valence-corrected chi connectivity index (χ2v) is 6.95. The molecule has 0 aliphatic carbocycles. The molecule has 2 aromatic rings. The lowest BCUT2D eigenvalue weighted by atomic mass is 9.87. The molecule has 0 N–H and O–H groups in total. The first-order valence-corrected chi connectivity index (χ1v) is 8.32. The molecular formula is C16H17BrN4O. The van der Waals surface area contributed by atoms with Gasteiger partial charge in [0.1, 0.15) is 17.2 Å². The number of piperidine rings is 1. The molecule has 0 atom stereocenters. The van der Waals surface area contributed by atoms with E-state index in [9.17, 15) is 0 Å². The van der Waals surface area contributed by atoms with Gasteiger partial charge < -0.3 is 4.74 Å². The molecule has 0 unspecified atom stereocenters. The number of nitrogens with zero attached hydrogens (tertiary/aromatic N) is 4.